The minimum Gasteiger partial charge on any atom is -0.508 e. The van der Waals surface area contributed by atoms with Crippen LogP contribution in [0.25, 0.3) is 0 Å². The van der Waals surface area contributed by atoms with Gasteiger partial charge in [-0.15, -0.1) is 0 Å². The summed E-state index contributed by atoms with van der Waals surface area (Å²) in [6.07, 6.45) is -0.827. The van der Waals surface area contributed by atoms with Crippen LogP contribution < -0.4 is 0 Å². The normalized spacial score (nSPS) is 11.7. The van der Waals surface area contributed by atoms with Crippen molar-refractivity contribution in [1.29, 1.82) is 0 Å². The Kier molecular flexibility index (Phi) is 4.09. The summed E-state index contributed by atoms with van der Waals surface area (Å²) in [5.41, 5.74) is 0.293. The summed E-state index contributed by atoms with van der Waals surface area (Å²) in [6.45, 7) is 1.51. The van der Waals surface area contributed by atoms with Crippen LogP contribution in [0.15, 0.2) is 24.3 Å². The molecule has 0 fully saturated rings. The van der Waals surface area contributed by atoms with E-state index in [1.807, 2.05) is 0 Å². The molecule has 17 heavy (non-hydrogen) atoms. The molecule has 1 aromatic rings. The number of phenols is 1. The molecule has 0 aliphatic carbocycles. The number of phenolic OH excluding ortho intramolecular Hbond substituents is 1. The van der Waals surface area contributed by atoms with Crippen LogP contribution in [0.4, 0.5) is 0 Å². The summed E-state index contributed by atoms with van der Waals surface area (Å²) >= 11 is 0. The molecule has 0 aliphatic heterocycles. The lowest BCUT2D eigenvalue weighted by atomic mass is 10.2. The second-order valence-corrected chi connectivity index (χ2v) is 3.83. The highest BCUT2D eigenvalue weighted by Gasteiger charge is 2.20. The number of ether oxygens (including phenoxy) is 1. The lowest BCUT2D eigenvalue weighted by Crippen LogP contribution is -2.34. The van der Waals surface area contributed by atoms with Crippen molar-refractivity contribution in [2.75, 3.05) is 14.1 Å². The van der Waals surface area contributed by atoms with Crippen molar-refractivity contribution in [2.45, 2.75) is 13.0 Å². The van der Waals surface area contributed by atoms with Gasteiger partial charge in [-0.1, -0.05) is 0 Å². The third kappa shape index (κ3) is 3.48. The van der Waals surface area contributed by atoms with Crippen LogP contribution in [0.3, 0.4) is 0 Å². The van der Waals surface area contributed by atoms with E-state index in [4.69, 9.17) is 9.84 Å². The molecule has 92 valence electrons. The number of hydrogen-bond donors (Lipinski definition) is 1. The fourth-order valence-corrected chi connectivity index (χ4v) is 1.24. The Hall–Kier alpha value is -2.04. The topological polar surface area (TPSA) is 66.8 Å². The molecule has 0 aliphatic rings. The maximum absolute atomic E-state index is 11.6. The van der Waals surface area contributed by atoms with Gasteiger partial charge in [0.15, 0.2) is 6.10 Å². The monoisotopic (exact) mass is 237 g/mol. The van der Waals surface area contributed by atoms with Gasteiger partial charge in [0, 0.05) is 14.1 Å². The van der Waals surface area contributed by atoms with E-state index in [1.165, 1.54) is 36.1 Å². The predicted octanol–water partition coefficient (Wildman–Crippen LogP) is 1.03. The number of rotatable bonds is 3. The summed E-state index contributed by atoms with van der Waals surface area (Å²) in [5, 5.41) is 9.07. The lowest BCUT2D eigenvalue weighted by Gasteiger charge is -2.17. The van der Waals surface area contributed by atoms with Crippen LogP contribution in [0.1, 0.15) is 17.3 Å². The fourth-order valence-electron chi connectivity index (χ4n) is 1.24. The minimum absolute atomic E-state index is 0.0685. The van der Waals surface area contributed by atoms with E-state index in [1.54, 1.807) is 14.1 Å². The van der Waals surface area contributed by atoms with E-state index in [0.29, 0.717) is 5.56 Å². The number of carbonyl (C=O) groups excluding carboxylic acids is 2. The van der Waals surface area contributed by atoms with Crippen LogP contribution in [0, 0.1) is 0 Å². The Morgan fingerprint density at radius 1 is 1.24 bits per heavy atom. The molecule has 1 N–H and O–H groups in total. The largest absolute Gasteiger partial charge is 0.508 e. The highest BCUT2D eigenvalue weighted by atomic mass is 16.5. The van der Waals surface area contributed by atoms with Gasteiger partial charge in [0.2, 0.25) is 0 Å². The van der Waals surface area contributed by atoms with Crippen molar-refractivity contribution >= 4 is 11.9 Å². The fraction of sp³-hybridized carbons (Fsp3) is 0.333. The summed E-state index contributed by atoms with van der Waals surface area (Å²) in [7, 11) is 3.18. The van der Waals surface area contributed by atoms with Gasteiger partial charge < -0.3 is 14.7 Å². The van der Waals surface area contributed by atoms with Gasteiger partial charge >= 0.3 is 5.97 Å². The SMILES string of the molecule is C[C@@H](OC(=O)c1ccc(O)cc1)C(=O)N(C)C. The molecule has 0 spiro atoms. The van der Waals surface area contributed by atoms with Crippen LogP contribution in [0.2, 0.25) is 0 Å². The van der Waals surface area contributed by atoms with Crippen LogP contribution in [-0.4, -0.2) is 42.1 Å². The van der Waals surface area contributed by atoms with E-state index in [9.17, 15) is 9.59 Å². The number of amides is 1. The highest BCUT2D eigenvalue weighted by Crippen LogP contribution is 2.11. The molecule has 1 atom stereocenters. The third-order valence-corrected chi connectivity index (χ3v) is 2.18. The summed E-state index contributed by atoms with van der Waals surface area (Å²) in [6, 6.07) is 5.64. The maximum Gasteiger partial charge on any atom is 0.338 e. The van der Waals surface area contributed by atoms with Crippen molar-refractivity contribution in [2.24, 2.45) is 0 Å². The Morgan fingerprint density at radius 2 is 1.76 bits per heavy atom. The zero-order valence-electron chi connectivity index (χ0n) is 10.0. The molecule has 0 radical (unpaired) electrons. The third-order valence-electron chi connectivity index (χ3n) is 2.18. The molecule has 1 aromatic carbocycles. The van der Waals surface area contributed by atoms with Gasteiger partial charge in [-0.2, -0.15) is 0 Å². The smallest absolute Gasteiger partial charge is 0.338 e. The molecule has 5 nitrogen and oxygen atoms in total. The highest BCUT2D eigenvalue weighted by molar-refractivity contribution is 5.92. The molecule has 0 heterocycles. The molecule has 0 saturated carbocycles. The number of benzene rings is 1. The first-order valence-corrected chi connectivity index (χ1v) is 5.13. The molecular formula is C12H15NO4. The molecule has 1 rings (SSSR count). The van der Waals surface area contributed by atoms with Gasteiger partial charge in [0.1, 0.15) is 5.75 Å². The molecule has 0 aromatic heterocycles. The number of likely N-dealkylation sites (N-methyl/N-ethyl adjacent to an activating group) is 1. The zero-order chi connectivity index (χ0) is 13.0. The second-order valence-electron chi connectivity index (χ2n) is 3.83. The Labute approximate surface area is 99.6 Å². The van der Waals surface area contributed by atoms with Gasteiger partial charge in [-0.3, -0.25) is 4.79 Å². The minimum atomic E-state index is -0.827. The van der Waals surface area contributed by atoms with Gasteiger partial charge in [-0.05, 0) is 31.2 Å². The van der Waals surface area contributed by atoms with Crippen molar-refractivity contribution in [1.82, 2.24) is 4.90 Å². The average molecular weight is 237 g/mol. The Balaban J connectivity index is 2.66. The zero-order valence-corrected chi connectivity index (χ0v) is 10.0. The molecule has 0 unspecified atom stereocenters. The standard InChI is InChI=1S/C12H15NO4/c1-8(11(15)13(2)3)17-12(16)9-4-6-10(14)7-5-9/h4-8,14H,1-3H3/t8-/m1/s1. The number of nitrogens with zero attached hydrogens (tertiary/aromatic N) is 1. The summed E-state index contributed by atoms with van der Waals surface area (Å²) in [4.78, 5) is 24.4. The molecule has 0 bridgehead atoms. The van der Waals surface area contributed by atoms with E-state index >= 15 is 0 Å². The molecule has 1 amide bonds. The van der Waals surface area contributed by atoms with Crippen LogP contribution in [-0.2, 0) is 9.53 Å². The quantitative estimate of drug-likeness (QED) is 0.797. The number of aromatic hydroxyl groups is 1. The predicted molar refractivity (Wildman–Crippen MR) is 61.7 cm³/mol. The first-order valence-electron chi connectivity index (χ1n) is 5.13. The van der Waals surface area contributed by atoms with Crippen molar-refractivity contribution < 1.29 is 19.4 Å². The lowest BCUT2D eigenvalue weighted by molar-refractivity contribution is -0.137. The van der Waals surface area contributed by atoms with Gasteiger partial charge in [0.05, 0.1) is 5.56 Å². The first kappa shape index (κ1) is 13.0. The van der Waals surface area contributed by atoms with E-state index in [0.717, 1.165) is 0 Å². The van der Waals surface area contributed by atoms with Gasteiger partial charge in [0.25, 0.3) is 5.91 Å². The summed E-state index contributed by atoms with van der Waals surface area (Å²) < 4.78 is 4.99. The van der Waals surface area contributed by atoms with Crippen LogP contribution >= 0.6 is 0 Å². The summed E-state index contributed by atoms with van der Waals surface area (Å²) in [5.74, 6) is -0.802. The second kappa shape index (κ2) is 5.34. The van der Waals surface area contributed by atoms with Crippen molar-refractivity contribution in [3.05, 3.63) is 29.8 Å². The van der Waals surface area contributed by atoms with Crippen molar-refractivity contribution in [3.63, 3.8) is 0 Å². The number of esters is 1. The molecule has 5 heteroatoms. The van der Waals surface area contributed by atoms with Gasteiger partial charge in [-0.25, -0.2) is 4.79 Å². The van der Waals surface area contributed by atoms with E-state index in [2.05, 4.69) is 0 Å². The Morgan fingerprint density at radius 3 is 2.24 bits per heavy atom. The van der Waals surface area contributed by atoms with Crippen molar-refractivity contribution in [3.8, 4) is 5.75 Å². The average Bonchev–Trinajstić information content (AvgIpc) is 2.28. The maximum atomic E-state index is 11.6. The first-order chi connectivity index (χ1) is 7.91. The number of hydrogen-bond acceptors (Lipinski definition) is 4. The van der Waals surface area contributed by atoms with E-state index < -0.39 is 12.1 Å². The van der Waals surface area contributed by atoms with E-state index in [-0.39, 0.29) is 11.7 Å². The Bertz CT molecular complexity index is 411. The molecular weight excluding hydrogens is 222 g/mol. The molecule has 0 saturated heterocycles. The number of carbonyl (C=O) groups is 2. The van der Waals surface area contributed by atoms with Crippen LogP contribution in [0.5, 0.6) is 5.75 Å².